The third-order valence-electron chi connectivity index (χ3n) is 11.8. The second kappa shape index (κ2) is 13.2. The molecule has 2 aromatic rings. The van der Waals surface area contributed by atoms with E-state index in [4.69, 9.17) is 25.8 Å². The lowest BCUT2D eigenvalue weighted by Crippen LogP contribution is -2.51. The molecule has 0 aromatic heterocycles. The van der Waals surface area contributed by atoms with Crippen LogP contribution in [0.2, 0.25) is 5.02 Å². The van der Waals surface area contributed by atoms with Crippen molar-refractivity contribution >= 4 is 33.2 Å². The minimum atomic E-state index is -3.92. The molecule has 0 unspecified atom stereocenters. The largest absolute Gasteiger partial charge is 0.490 e. The molecular weight excluding hydrogens is 640 g/mol. The summed E-state index contributed by atoms with van der Waals surface area (Å²) >= 11 is 6.44. The van der Waals surface area contributed by atoms with Gasteiger partial charge in [-0.25, -0.2) is 13.1 Å². The number of fused-ring (bicyclic) bond motifs is 4. The van der Waals surface area contributed by atoms with Crippen LogP contribution in [0.25, 0.3) is 0 Å². The maximum atomic E-state index is 13.5. The number of nitrogens with zero attached hydrogens (tertiary/aromatic N) is 1. The molecule has 2 fully saturated rings. The molecular formula is C36H47ClN2O7S. The van der Waals surface area contributed by atoms with Gasteiger partial charge in [-0.3, -0.25) is 4.79 Å². The second-order valence-electron chi connectivity index (χ2n) is 14.7. The van der Waals surface area contributed by atoms with Crippen molar-refractivity contribution in [2.24, 2.45) is 23.7 Å². The number of rotatable bonds is 1. The number of benzene rings is 2. The fourth-order valence-corrected chi connectivity index (χ4v) is 10.2. The predicted molar refractivity (Wildman–Crippen MR) is 180 cm³/mol. The van der Waals surface area contributed by atoms with Crippen LogP contribution in [-0.2, 0) is 31.3 Å². The number of carbonyl (C=O) groups excluding carboxylic acids is 1. The molecule has 5 aliphatic rings. The van der Waals surface area contributed by atoms with Crippen LogP contribution >= 0.6 is 11.6 Å². The average Bonchev–Trinajstić information content (AvgIpc) is 3.18. The number of amides is 1. The first-order chi connectivity index (χ1) is 22.5. The van der Waals surface area contributed by atoms with Gasteiger partial charge < -0.3 is 24.2 Å². The lowest BCUT2D eigenvalue weighted by molar-refractivity contribution is -0.252. The van der Waals surface area contributed by atoms with Gasteiger partial charge in [-0.2, -0.15) is 0 Å². The first kappa shape index (κ1) is 33.1. The van der Waals surface area contributed by atoms with Crippen LogP contribution in [0.1, 0.15) is 80.3 Å². The molecule has 1 spiro atoms. The number of halogens is 1. The Bertz CT molecular complexity index is 1600. The van der Waals surface area contributed by atoms with Crippen LogP contribution in [-0.4, -0.2) is 70.0 Å². The summed E-state index contributed by atoms with van der Waals surface area (Å²) in [6.45, 7) is 6.12. The zero-order valence-electron chi connectivity index (χ0n) is 27.3. The number of ether oxygens (including phenoxy) is 3. The molecule has 6 atom stereocenters. The van der Waals surface area contributed by atoms with E-state index in [1.807, 2.05) is 25.1 Å². The van der Waals surface area contributed by atoms with E-state index in [0.717, 1.165) is 62.2 Å². The molecule has 0 radical (unpaired) electrons. The van der Waals surface area contributed by atoms with Crippen molar-refractivity contribution in [2.75, 3.05) is 37.8 Å². The summed E-state index contributed by atoms with van der Waals surface area (Å²) in [5, 5.41) is 10.1. The van der Waals surface area contributed by atoms with Gasteiger partial charge in [-0.1, -0.05) is 31.0 Å². The highest BCUT2D eigenvalue weighted by molar-refractivity contribution is 7.90. The Kier molecular flexibility index (Phi) is 9.28. The summed E-state index contributed by atoms with van der Waals surface area (Å²) in [7, 11) is -3.92. The molecule has 1 amide bonds. The quantitative estimate of drug-likeness (QED) is 0.407. The van der Waals surface area contributed by atoms with Crippen LogP contribution in [0.5, 0.6) is 5.75 Å². The zero-order chi connectivity index (χ0) is 32.9. The molecule has 3 aliphatic heterocycles. The molecule has 47 heavy (non-hydrogen) atoms. The smallest absolute Gasteiger partial charge is 0.264 e. The standard InChI is InChI=1S/C36H47ClN2O7S/c1-22-5-3-7-30(35-44-18-28(40)19-45-35)29-11-8-26(29)17-39-20-36(14-4-6-24-15-27(37)10-12-31(24)36)21-46-33-13-9-25(16-32(33)39)34(41)38-47(42,43)23(22)2/h9-10,12-13,15-16,22-23,26,28-30,35,40H,3-8,11,14,17-21H2,1-2H3,(H,38,41)/t22-,23+,26-,28?,29+,30-,35?,36-/m0/s1. The molecule has 1 saturated heterocycles. The van der Waals surface area contributed by atoms with E-state index in [9.17, 15) is 18.3 Å². The SMILES string of the molecule is C[C@@H]1[C@@H](C)CCC[C@H](C2OCC(O)CO2)[C@@H]2CC[C@H]2CN2C[C@@]3(CCCc4cc(Cl)ccc43)COc3ccc(cc32)C(=O)NS1(=O)=O. The van der Waals surface area contributed by atoms with E-state index < -0.39 is 33.6 Å². The van der Waals surface area contributed by atoms with Crippen LogP contribution in [0.3, 0.4) is 0 Å². The number of hydrogen-bond acceptors (Lipinski definition) is 8. The third-order valence-corrected chi connectivity index (χ3v) is 13.9. The number of sulfonamides is 1. The van der Waals surface area contributed by atoms with Crippen molar-refractivity contribution in [2.45, 2.75) is 88.3 Å². The predicted octanol–water partition coefficient (Wildman–Crippen LogP) is 5.46. The summed E-state index contributed by atoms with van der Waals surface area (Å²) in [5.74, 6) is 0.788. The highest BCUT2D eigenvalue weighted by Gasteiger charge is 2.46. The first-order valence-electron chi connectivity index (χ1n) is 17.3. The highest BCUT2D eigenvalue weighted by atomic mass is 35.5. The molecule has 2 bridgehead atoms. The number of aryl methyl sites for hydroxylation is 1. The van der Waals surface area contributed by atoms with Crippen molar-refractivity contribution < 1.29 is 32.5 Å². The van der Waals surface area contributed by atoms with E-state index in [1.165, 1.54) is 11.1 Å². The Morgan fingerprint density at radius 3 is 2.57 bits per heavy atom. The van der Waals surface area contributed by atoms with Crippen molar-refractivity contribution in [1.82, 2.24) is 4.72 Å². The molecule has 7 rings (SSSR count). The van der Waals surface area contributed by atoms with Crippen molar-refractivity contribution in [3.63, 3.8) is 0 Å². The zero-order valence-corrected chi connectivity index (χ0v) is 28.9. The molecule has 2 N–H and O–H groups in total. The normalized spacial score (nSPS) is 35.8. The van der Waals surface area contributed by atoms with Gasteiger partial charge in [-0.05, 0) is 111 Å². The number of hydrogen-bond donors (Lipinski definition) is 2. The number of aliphatic hydroxyl groups excluding tert-OH is 1. The van der Waals surface area contributed by atoms with Gasteiger partial charge in [0.2, 0.25) is 10.0 Å². The first-order valence-corrected chi connectivity index (χ1v) is 19.2. The van der Waals surface area contributed by atoms with Gasteiger partial charge in [0.15, 0.2) is 6.29 Å². The van der Waals surface area contributed by atoms with Gasteiger partial charge in [-0.15, -0.1) is 0 Å². The van der Waals surface area contributed by atoms with E-state index in [2.05, 4.69) is 21.8 Å². The van der Waals surface area contributed by atoms with E-state index in [0.29, 0.717) is 42.7 Å². The van der Waals surface area contributed by atoms with Crippen LogP contribution in [0.15, 0.2) is 36.4 Å². The molecule has 3 heterocycles. The topological polar surface area (TPSA) is 114 Å². The Morgan fingerprint density at radius 1 is 1.00 bits per heavy atom. The number of anilines is 1. The number of aliphatic hydroxyl groups is 1. The average molecular weight is 687 g/mol. The minimum absolute atomic E-state index is 0.133. The van der Waals surface area contributed by atoms with Crippen LogP contribution < -0.4 is 14.4 Å². The van der Waals surface area contributed by atoms with E-state index in [1.54, 1.807) is 13.0 Å². The third kappa shape index (κ3) is 6.53. The highest BCUT2D eigenvalue weighted by Crippen LogP contribution is 2.49. The molecule has 2 aromatic carbocycles. The number of nitrogens with one attached hydrogen (secondary N) is 1. The molecule has 2 aliphatic carbocycles. The van der Waals surface area contributed by atoms with Crippen LogP contribution in [0.4, 0.5) is 5.69 Å². The van der Waals surface area contributed by atoms with Gasteiger partial charge in [0.05, 0.1) is 30.8 Å². The molecule has 9 nitrogen and oxygen atoms in total. The fraction of sp³-hybridized carbons (Fsp3) is 0.639. The van der Waals surface area contributed by atoms with Crippen molar-refractivity contribution in [3.8, 4) is 5.75 Å². The summed E-state index contributed by atoms with van der Waals surface area (Å²) in [6.07, 6.45) is 6.45. The van der Waals surface area contributed by atoms with Gasteiger partial charge in [0.25, 0.3) is 5.91 Å². The van der Waals surface area contributed by atoms with Gasteiger partial charge >= 0.3 is 0 Å². The second-order valence-corrected chi connectivity index (χ2v) is 17.2. The maximum Gasteiger partial charge on any atom is 0.264 e. The summed E-state index contributed by atoms with van der Waals surface area (Å²) in [6, 6.07) is 11.5. The molecule has 11 heteroatoms. The van der Waals surface area contributed by atoms with Gasteiger partial charge in [0, 0.05) is 35.0 Å². The Hall–Kier alpha value is -2.37. The fourth-order valence-electron chi connectivity index (χ4n) is 8.73. The Balaban J connectivity index is 1.28. The Morgan fingerprint density at radius 2 is 1.81 bits per heavy atom. The van der Waals surface area contributed by atoms with E-state index >= 15 is 0 Å². The van der Waals surface area contributed by atoms with Crippen molar-refractivity contribution in [3.05, 3.63) is 58.1 Å². The summed E-state index contributed by atoms with van der Waals surface area (Å²) < 4.78 is 48.0. The lowest BCUT2D eigenvalue weighted by atomic mass is 9.64. The minimum Gasteiger partial charge on any atom is -0.490 e. The van der Waals surface area contributed by atoms with Gasteiger partial charge in [0.1, 0.15) is 11.9 Å². The maximum absolute atomic E-state index is 13.5. The summed E-state index contributed by atoms with van der Waals surface area (Å²) in [5.41, 5.74) is 3.38. The Labute approximate surface area is 283 Å². The monoisotopic (exact) mass is 686 g/mol. The molecule has 1 saturated carbocycles. The number of carbonyl (C=O) groups is 1. The lowest BCUT2D eigenvalue weighted by Gasteiger charge is -2.48. The van der Waals surface area contributed by atoms with E-state index in [-0.39, 0.29) is 30.5 Å². The molecule has 256 valence electrons. The summed E-state index contributed by atoms with van der Waals surface area (Å²) in [4.78, 5) is 15.9. The van der Waals surface area contributed by atoms with Crippen molar-refractivity contribution in [1.29, 1.82) is 0 Å². The van der Waals surface area contributed by atoms with Crippen LogP contribution in [0, 0.1) is 23.7 Å².